The minimum Gasteiger partial charge on any atom is -0.368 e. The number of fused-ring (bicyclic) bond motifs is 3. The van der Waals surface area contributed by atoms with Crippen LogP contribution in [0.25, 0.3) is 22.4 Å². The Labute approximate surface area is 218 Å². The first-order chi connectivity index (χ1) is 17.7. The van der Waals surface area contributed by atoms with E-state index < -0.39 is 22.6 Å². The lowest BCUT2D eigenvalue weighted by Gasteiger charge is -2.23. The molecule has 4 N–H and O–H groups in total. The first-order valence-electron chi connectivity index (χ1n) is 11.2. The first-order valence-corrected chi connectivity index (χ1v) is 12.7. The van der Waals surface area contributed by atoms with E-state index in [0.29, 0.717) is 40.9 Å². The Morgan fingerprint density at radius 2 is 1.81 bits per heavy atom. The SMILES string of the molecule is CNC(=O)c1ccc(-c2nc(N)nc3c2-c2cc(NS(=O)c4ccc(F)cc4F)c(Cl)cc2CC3)cc1. The summed E-state index contributed by atoms with van der Waals surface area (Å²) < 4.78 is 43.1. The molecule has 0 saturated carbocycles. The lowest BCUT2D eigenvalue weighted by atomic mass is 9.85. The van der Waals surface area contributed by atoms with E-state index in [1.54, 1.807) is 43.4 Å². The van der Waals surface area contributed by atoms with Gasteiger partial charge in [-0.05, 0) is 60.4 Å². The van der Waals surface area contributed by atoms with Crippen LogP contribution >= 0.6 is 11.6 Å². The maximum absolute atomic E-state index is 14.2. The number of aryl methyl sites for hydroxylation is 2. The lowest BCUT2D eigenvalue weighted by Crippen LogP contribution is -2.17. The molecular formula is C26H20ClF2N5O2S. The summed E-state index contributed by atoms with van der Waals surface area (Å²) in [5.41, 5.74) is 11.3. The number of nitrogens with two attached hydrogens (primary N) is 1. The Morgan fingerprint density at radius 3 is 2.51 bits per heavy atom. The summed E-state index contributed by atoms with van der Waals surface area (Å²) in [7, 11) is -0.483. The van der Waals surface area contributed by atoms with Gasteiger partial charge >= 0.3 is 0 Å². The Kier molecular flexibility index (Phi) is 6.61. The predicted molar refractivity (Wildman–Crippen MR) is 140 cm³/mol. The van der Waals surface area contributed by atoms with Crippen molar-refractivity contribution < 1.29 is 17.8 Å². The number of benzene rings is 3. The van der Waals surface area contributed by atoms with E-state index >= 15 is 0 Å². The second-order valence-electron chi connectivity index (χ2n) is 8.34. The average molecular weight is 540 g/mol. The summed E-state index contributed by atoms with van der Waals surface area (Å²) in [5, 5.41) is 2.88. The minimum atomic E-state index is -2.04. The summed E-state index contributed by atoms with van der Waals surface area (Å²) in [6.07, 6.45) is 1.25. The highest BCUT2D eigenvalue weighted by atomic mass is 35.5. The number of carbonyl (C=O) groups excluding carboxylic acids is 1. The van der Waals surface area contributed by atoms with Crippen LogP contribution in [0.4, 0.5) is 20.4 Å². The van der Waals surface area contributed by atoms with Gasteiger partial charge in [0.15, 0.2) is 11.0 Å². The van der Waals surface area contributed by atoms with Crippen molar-refractivity contribution in [3.63, 3.8) is 0 Å². The minimum absolute atomic E-state index is 0.118. The third kappa shape index (κ3) is 4.77. The van der Waals surface area contributed by atoms with Crippen molar-refractivity contribution in [1.29, 1.82) is 0 Å². The van der Waals surface area contributed by atoms with E-state index in [9.17, 15) is 17.8 Å². The number of nitrogen functional groups attached to an aromatic ring is 1. The molecule has 0 saturated heterocycles. The molecule has 0 bridgehead atoms. The van der Waals surface area contributed by atoms with Gasteiger partial charge in [0.1, 0.15) is 11.6 Å². The van der Waals surface area contributed by atoms with Crippen molar-refractivity contribution in [3.05, 3.63) is 88.1 Å². The van der Waals surface area contributed by atoms with E-state index in [0.717, 1.165) is 40.1 Å². The second-order valence-corrected chi connectivity index (χ2v) is 9.93. The van der Waals surface area contributed by atoms with Crippen LogP contribution in [0.2, 0.25) is 5.02 Å². The van der Waals surface area contributed by atoms with Crippen LogP contribution in [-0.4, -0.2) is 27.1 Å². The van der Waals surface area contributed by atoms with Crippen molar-refractivity contribution in [2.24, 2.45) is 0 Å². The third-order valence-electron chi connectivity index (χ3n) is 6.04. The number of rotatable bonds is 5. The van der Waals surface area contributed by atoms with Crippen LogP contribution < -0.4 is 15.8 Å². The van der Waals surface area contributed by atoms with Crippen molar-refractivity contribution >= 4 is 40.1 Å². The number of hydrogen-bond donors (Lipinski definition) is 3. The van der Waals surface area contributed by atoms with Gasteiger partial charge in [-0.1, -0.05) is 23.7 Å². The topological polar surface area (TPSA) is 110 Å². The third-order valence-corrected chi connectivity index (χ3v) is 7.49. The molecule has 4 aromatic rings. The average Bonchev–Trinajstić information content (AvgIpc) is 2.88. The van der Waals surface area contributed by atoms with Gasteiger partial charge in [-0.15, -0.1) is 0 Å². The molecule has 1 aliphatic carbocycles. The lowest BCUT2D eigenvalue weighted by molar-refractivity contribution is 0.0963. The molecule has 0 fully saturated rings. The van der Waals surface area contributed by atoms with Gasteiger partial charge in [0.05, 0.1) is 27.0 Å². The summed E-state index contributed by atoms with van der Waals surface area (Å²) in [6, 6.07) is 13.2. The second kappa shape index (κ2) is 9.87. The van der Waals surface area contributed by atoms with Crippen LogP contribution in [0.15, 0.2) is 59.5 Å². The maximum Gasteiger partial charge on any atom is 0.251 e. The molecule has 1 atom stereocenters. The summed E-state index contributed by atoms with van der Waals surface area (Å²) >= 11 is 6.49. The Bertz CT molecular complexity index is 1580. The molecule has 1 aromatic heterocycles. The molecule has 0 spiro atoms. The fourth-order valence-corrected chi connectivity index (χ4v) is 5.48. The number of nitrogens with zero attached hydrogens (tertiary/aromatic N) is 2. The molecule has 11 heteroatoms. The number of aromatic nitrogens is 2. The molecule has 1 amide bonds. The van der Waals surface area contributed by atoms with Gasteiger partial charge in [0.25, 0.3) is 5.91 Å². The molecule has 188 valence electrons. The van der Waals surface area contributed by atoms with Crippen molar-refractivity contribution in [2.45, 2.75) is 17.7 Å². The number of anilines is 2. The number of hydrogen-bond acceptors (Lipinski definition) is 5. The highest BCUT2D eigenvalue weighted by Gasteiger charge is 2.25. The van der Waals surface area contributed by atoms with Gasteiger partial charge in [-0.2, -0.15) is 0 Å². The van der Waals surface area contributed by atoms with Crippen molar-refractivity contribution in [1.82, 2.24) is 15.3 Å². The normalized spacial score (nSPS) is 12.9. The van der Waals surface area contributed by atoms with Crippen LogP contribution in [0.5, 0.6) is 0 Å². The summed E-state index contributed by atoms with van der Waals surface area (Å²) in [4.78, 5) is 20.7. The van der Waals surface area contributed by atoms with Crippen LogP contribution in [0, 0.1) is 11.6 Å². The largest absolute Gasteiger partial charge is 0.368 e. The van der Waals surface area contributed by atoms with Crippen molar-refractivity contribution in [2.75, 3.05) is 17.5 Å². The van der Waals surface area contributed by atoms with Gasteiger partial charge in [0, 0.05) is 29.8 Å². The monoisotopic (exact) mass is 539 g/mol. The molecule has 5 rings (SSSR count). The number of amides is 1. The van der Waals surface area contributed by atoms with Crippen LogP contribution in [0.1, 0.15) is 21.6 Å². The predicted octanol–water partition coefficient (Wildman–Crippen LogP) is 4.92. The molecule has 1 heterocycles. The van der Waals surface area contributed by atoms with Crippen molar-refractivity contribution in [3.8, 4) is 22.4 Å². The molecule has 0 aliphatic heterocycles. The first kappa shape index (κ1) is 24.8. The van der Waals surface area contributed by atoms with E-state index in [4.69, 9.17) is 17.3 Å². The molecule has 0 radical (unpaired) electrons. The van der Waals surface area contributed by atoms with Crippen LogP contribution in [-0.2, 0) is 23.8 Å². The Morgan fingerprint density at radius 1 is 1.05 bits per heavy atom. The number of halogens is 3. The summed E-state index contributed by atoms with van der Waals surface area (Å²) in [6.45, 7) is 0. The van der Waals surface area contributed by atoms with E-state index in [1.165, 1.54) is 0 Å². The van der Waals surface area contributed by atoms with Gasteiger partial charge in [-0.25, -0.2) is 23.0 Å². The molecular weight excluding hydrogens is 520 g/mol. The van der Waals surface area contributed by atoms with Crippen LogP contribution in [0.3, 0.4) is 0 Å². The number of nitrogens with one attached hydrogen (secondary N) is 2. The zero-order valence-corrected chi connectivity index (χ0v) is 21.0. The van der Waals surface area contributed by atoms with E-state index in [2.05, 4.69) is 20.0 Å². The number of carbonyl (C=O) groups is 1. The quantitative estimate of drug-likeness (QED) is 0.333. The summed E-state index contributed by atoms with van der Waals surface area (Å²) in [5.74, 6) is -1.79. The highest BCUT2D eigenvalue weighted by molar-refractivity contribution is 7.86. The molecule has 7 nitrogen and oxygen atoms in total. The zero-order valence-electron chi connectivity index (χ0n) is 19.4. The van der Waals surface area contributed by atoms with Gasteiger partial charge in [-0.3, -0.25) is 9.52 Å². The van der Waals surface area contributed by atoms with E-state index in [1.807, 2.05) is 0 Å². The Hall–Kier alpha value is -3.89. The molecule has 1 unspecified atom stereocenters. The fraction of sp³-hybridized carbons (Fsp3) is 0.115. The fourth-order valence-electron chi connectivity index (χ4n) is 4.29. The molecule has 37 heavy (non-hydrogen) atoms. The smallest absolute Gasteiger partial charge is 0.251 e. The van der Waals surface area contributed by atoms with Gasteiger partial charge in [0.2, 0.25) is 5.95 Å². The van der Waals surface area contributed by atoms with Gasteiger partial charge < -0.3 is 11.1 Å². The standard InChI is InChI=1S/C26H20ClF2N5O2S/c1-31-25(35)14-4-2-13(3-5-14)24-23-17-12-21(34-37(36)22-9-7-16(28)11-19(22)29)18(27)10-15(17)6-8-20(23)32-26(30)33-24/h2-5,7,9-12,34H,6,8H2,1H3,(H,31,35)(H2,30,32,33). The molecule has 1 aliphatic rings. The maximum atomic E-state index is 14.2. The highest BCUT2D eigenvalue weighted by Crippen LogP contribution is 2.42. The Balaban J connectivity index is 1.59. The zero-order chi connectivity index (χ0) is 26.3. The molecule has 3 aromatic carbocycles. The van der Waals surface area contributed by atoms with E-state index in [-0.39, 0.29) is 16.8 Å².